The Morgan fingerprint density at radius 3 is 2.17 bits per heavy atom. The van der Waals surface area contributed by atoms with E-state index in [0.717, 1.165) is 27.5 Å². The normalized spacial score (nSPS) is 15.5. The van der Waals surface area contributed by atoms with E-state index >= 15 is 0 Å². The van der Waals surface area contributed by atoms with Crippen LogP contribution in [0.5, 0.6) is 0 Å². The van der Waals surface area contributed by atoms with Crippen molar-refractivity contribution in [2.75, 3.05) is 31.1 Å². The van der Waals surface area contributed by atoms with Crippen LogP contribution in [0.15, 0.2) is 46.0 Å². The second-order valence-corrected chi connectivity index (χ2v) is 10.1. The molecule has 158 valence electrons. The van der Waals surface area contributed by atoms with Crippen LogP contribution < -0.4 is 4.90 Å². The first-order chi connectivity index (χ1) is 14.3. The van der Waals surface area contributed by atoms with Crippen molar-refractivity contribution in [1.29, 1.82) is 0 Å². The van der Waals surface area contributed by atoms with Gasteiger partial charge < -0.3 is 4.90 Å². The summed E-state index contributed by atoms with van der Waals surface area (Å²) in [6, 6.07) is 8.67. The van der Waals surface area contributed by atoms with Crippen LogP contribution in [-0.2, 0) is 10.0 Å². The Labute approximate surface area is 184 Å². The van der Waals surface area contributed by atoms with Gasteiger partial charge in [0.15, 0.2) is 0 Å². The lowest BCUT2D eigenvalue weighted by Gasteiger charge is -2.34. The number of rotatable bonds is 4. The highest BCUT2D eigenvalue weighted by atomic mass is 79.9. The Morgan fingerprint density at radius 1 is 0.933 bits per heavy atom. The topological polar surface area (TPSA) is 84.2 Å². The number of hydrogen-bond acceptors (Lipinski definition) is 6. The minimum Gasteiger partial charge on any atom is -0.354 e. The van der Waals surface area contributed by atoms with E-state index in [4.69, 9.17) is 0 Å². The van der Waals surface area contributed by atoms with Gasteiger partial charge in [0, 0.05) is 42.4 Å². The van der Waals surface area contributed by atoms with Gasteiger partial charge in [-0.15, -0.1) is 0 Å². The third-order valence-corrected chi connectivity index (χ3v) is 7.77. The number of sulfonamides is 1. The molecule has 0 aliphatic carbocycles. The molecular weight excluding hydrogens is 468 g/mol. The number of hydrogen-bond donors (Lipinski definition) is 0. The summed E-state index contributed by atoms with van der Waals surface area (Å²) in [6.45, 7) is 7.76. The summed E-state index contributed by atoms with van der Waals surface area (Å²) in [7, 11) is -3.51. The summed E-state index contributed by atoms with van der Waals surface area (Å²) in [6.07, 6.45) is 1.76. The van der Waals surface area contributed by atoms with Crippen LogP contribution in [0, 0.1) is 20.8 Å². The van der Waals surface area contributed by atoms with E-state index in [-0.39, 0.29) is 0 Å². The fourth-order valence-corrected chi connectivity index (χ4v) is 5.15. The largest absolute Gasteiger partial charge is 0.354 e. The first-order valence-electron chi connectivity index (χ1n) is 9.63. The van der Waals surface area contributed by atoms with Crippen molar-refractivity contribution >= 4 is 31.8 Å². The lowest BCUT2D eigenvalue weighted by molar-refractivity contribution is 0.383. The van der Waals surface area contributed by atoms with Crippen molar-refractivity contribution < 1.29 is 8.42 Å². The van der Waals surface area contributed by atoms with E-state index in [9.17, 15) is 8.42 Å². The van der Waals surface area contributed by atoms with Gasteiger partial charge in [0.25, 0.3) is 0 Å². The highest BCUT2D eigenvalue weighted by molar-refractivity contribution is 9.10. The maximum atomic E-state index is 12.9. The fraction of sp³-hybridized carbons (Fsp3) is 0.350. The molecule has 10 heteroatoms. The zero-order chi connectivity index (χ0) is 21.5. The highest BCUT2D eigenvalue weighted by Gasteiger charge is 2.29. The molecule has 0 N–H and O–H groups in total. The Hall–Kier alpha value is -2.30. The van der Waals surface area contributed by atoms with Crippen LogP contribution in [0.3, 0.4) is 0 Å². The standard InChI is InChI=1S/C20H23BrN6O2S/c1-14-15(2)27(13-22-14)20-12-19(23-16(3)24-20)25-8-10-26(11-9-25)30(28,29)18-6-4-17(21)5-7-18/h4-7,12-13H,8-11H2,1-3H3. The van der Waals surface area contributed by atoms with Gasteiger partial charge in [-0.25, -0.2) is 23.4 Å². The minimum atomic E-state index is -3.51. The average Bonchev–Trinajstić information content (AvgIpc) is 3.06. The van der Waals surface area contributed by atoms with Gasteiger partial charge in [-0.2, -0.15) is 4.31 Å². The molecule has 3 heterocycles. The van der Waals surface area contributed by atoms with Crippen molar-refractivity contribution in [3.05, 3.63) is 58.3 Å². The van der Waals surface area contributed by atoms with Crippen LogP contribution in [0.25, 0.3) is 5.82 Å². The molecule has 1 fully saturated rings. The molecule has 2 aromatic heterocycles. The van der Waals surface area contributed by atoms with Gasteiger partial charge in [0.1, 0.15) is 23.8 Å². The monoisotopic (exact) mass is 490 g/mol. The third-order valence-electron chi connectivity index (χ3n) is 5.32. The number of piperazine rings is 1. The molecule has 1 aliphatic rings. The second kappa shape index (κ2) is 8.09. The van der Waals surface area contributed by atoms with Crippen molar-refractivity contribution in [2.45, 2.75) is 25.7 Å². The number of anilines is 1. The van der Waals surface area contributed by atoms with Crippen LogP contribution in [0.2, 0.25) is 0 Å². The molecule has 0 saturated carbocycles. The lowest BCUT2D eigenvalue weighted by atomic mass is 10.3. The van der Waals surface area contributed by atoms with Crippen molar-refractivity contribution in [2.24, 2.45) is 0 Å². The molecule has 0 bridgehead atoms. The van der Waals surface area contributed by atoms with Gasteiger partial charge in [0.05, 0.1) is 10.6 Å². The number of nitrogens with zero attached hydrogens (tertiary/aromatic N) is 6. The van der Waals surface area contributed by atoms with Crippen LogP contribution in [-0.4, -0.2) is 58.4 Å². The summed E-state index contributed by atoms with van der Waals surface area (Å²) in [5.41, 5.74) is 1.99. The molecule has 0 radical (unpaired) electrons. The predicted molar refractivity (Wildman–Crippen MR) is 118 cm³/mol. The zero-order valence-corrected chi connectivity index (χ0v) is 19.5. The summed E-state index contributed by atoms with van der Waals surface area (Å²) in [4.78, 5) is 15.9. The minimum absolute atomic E-state index is 0.310. The Kier molecular flexibility index (Phi) is 5.65. The quantitative estimate of drug-likeness (QED) is 0.558. The Balaban J connectivity index is 1.53. The van der Waals surface area contributed by atoms with E-state index < -0.39 is 10.0 Å². The summed E-state index contributed by atoms with van der Waals surface area (Å²) >= 11 is 3.34. The number of imidazole rings is 1. The second-order valence-electron chi connectivity index (χ2n) is 7.26. The van der Waals surface area contributed by atoms with E-state index in [1.165, 1.54) is 4.31 Å². The van der Waals surface area contributed by atoms with Crippen LogP contribution in [0.4, 0.5) is 5.82 Å². The van der Waals surface area contributed by atoms with Gasteiger partial charge in [0.2, 0.25) is 10.0 Å². The number of benzene rings is 1. The molecule has 0 atom stereocenters. The fourth-order valence-electron chi connectivity index (χ4n) is 3.46. The highest BCUT2D eigenvalue weighted by Crippen LogP contribution is 2.23. The molecule has 1 saturated heterocycles. The van der Waals surface area contributed by atoms with Gasteiger partial charge >= 0.3 is 0 Å². The number of aromatic nitrogens is 4. The zero-order valence-electron chi connectivity index (χ0n) is 17.1. The molecule has 0 spiro atoms. The van der Waals surface area contributed by atoms with Gasteiger partial charge in [-0.3, -0.25) is 4.57 Å². The lowest BCUT2D eigenvalue weighted by Crippen LogP contribution is -2.49. The van der Waals surface area contributed by atoms with Crippen LogP contribution in [0.1, 0.15) is 17.2 Å². The van der Waals surface area contributed by atoms with E-state index in [1.54, 1.807) is 30.6 Å². The number of aryl methyl sites for hydroxylation is 2. The maximum absolute atomic E-state index is 12.9. The van der Waals surface area contributed by atoms with E-state index in [1.807, 2.05) is 31.4 Å². The summed E-state index contributed by atoms with van der Waals surface area (Å²) in [5.74, 6) is 2.22. The molecule has 8 nitrogen and oxygen atoms in total. The molecule has 1 aromatic carbocycles. The van der Waals surface area contributed by atoms with Crippen molar-refractivity contribution in [1.82, 2.24) is 23.8 Å². The first kappa shape index (κ1) is 21.0. The van der Waals surface area contributed by atoms with Crippen molar-refractivity contribution in [3.8, 4) is 5.82 Å². The predicted octanol–water partition coefficient (Wildman–Crippen LogP) is 2.86. The average molecular weight is 491 g/mol. The molecular formula is C20H23BrN6O2S. The maximum Gasteiger partial charge on any atom is 0.243 e. The van der Waals surface area contributed by atoms with E-state index in [2.05, 4.69) is 35.8 Å². The van der Waals surface area contributed by atoms with Crippen molar-refractivity contribution in [3.63, 3.8) is 0 Å². The third kappa shape index (κ3) is 3.99. The molecule has 4 rings (SSSR count). The molecule has 0 unspecified atom stereocenters. The van der Waals surface area contributed by atoms with E-state index in [0.29, 0.717) is 36.9 Å². The van der Waals surface area contributed by atoms with Gasteiger partial charge in [-0.1, -0.05) is 15.9 Å². The first-order valence-corrected chi connectivity index (χ1v) is 11.9. The molecule has 30 heavy (non-hydrogen) atoms. The Bertz CT molecular complexity index is 1170. The van der Waals surface area contributed by atoms with Gasteiger partial charge in [-0.05, 0) is 45.0 Å². The smallest absolute Gasteiger partial charge is 0.243 e. The molecule has 1 aliphatic heterocycles. The summed E-state index contributed by atoms with van der Waals surface area (Å²) < 4.78 is 30.2. The molecule has 3 aromatic rings. The SMILES string of the molecule is Cc1nc(N2CCN(S(=O)(=O)c3ccc(Br)cc3)CC2)cc(-n2cnc(C)c2C)n1. The number of halogens is 1. The van der Waals surface area contributed by atoms with Crippen LogP contribution >= 0.6 is 15.9 Å². The summed E-state index contributed by atoms with van der Waals surface area (Å²) in [5, 5.41) is 0. The molecule has 0 amide bonds. The Morgan fingerprint density at radius 2 is 1.57 bits per heavy atom.